The van der Waals surface area contributed by atoms with Crippen molar-refractivity contribution >= 4 is 11.6 Å². The fourth-order valence-electron chi connectivity index (χ4n) is 2.15. The van der Waals surface area contributed by atoms with E-state index in [1.807, 2.05) is 0 Å². The maximum absolute atomic E-state index is 11.4. The van der Waals surface area contributed by atoms with E-state index in [4.69, 9.17) is 0 Å². The van der Waals surface area contributed by atoms with Crippen molar-refractivity contribution in [3.05, 3.63) is 13.8 Å². The van der Waals surface area contributed by atoms with E-state index in [1.165, 1.54) is 0 Å². The van der Waals surface area contributed by atoms with Crippen molar-refractivity contribution in [2.75, 3.05) is 0 Å². The first-order valence-corrected chi connectivity index (χ1v) is 5.33. The maximum atomic E-state index is 11.4. The lowest BCUT2D eigenvalue weighted by molar-refractivity contribution is -0.127. The third kappa shape index (κ3) is 2.66. The van der Waals surface area contributed by atoms with Crippen LogP contribution in [0.3, 0.4) is 0 Å². The average molecular weight is 194 g/mol. The molecule has 78 valence electrons. The second-order valence-corrected chi connectivity index (χ2v) is 3.98. The molecule has 0 aromatic rings. The van der Waals surface area contributed by atoms with E-state index in [0.29, 0.717) is 12.8 Å². The molecule has 0 N–H and O–H groups in total. The van der Waals surface area contributed by atoms with Gasteiger partial charge in [-0.3, -0.25) is 9.59 Å². The van der Waals surface area contributed by atoms with Gasteiger partial charge in [0.1, 0.15) is 11.6 Å². The SMILES string of the molecule is [CH2]CC(=O)C1CCC(C(=O)C[CH2])CC1. The fourth-order valence-corrected chi connectivity index (χ4v) is 2.15. The van der Waals surface area contributed by atoms with Gasteiger partial charge in [0.05, 0.1) is 0 Å². The maximum Gasteiger partial charge on any atom is 0.135 e. The summed E-state index contributed by atoms with van der Waals surface area (Å²) in [7, 11) is 0. The standard InChI is InChI=1S/C12H18O2/c1-3-11(13)9-5-7-10(8-6-9)12(14)4-2/h9-10H,1-8H2. The van der Waals surface area contributed by atoms with Gasteiger partial charge in [0.2, 0.25) is 0 Å². The first kappa shape index (κ1) is 11.4. The van der Waals surface area contributed by atoms with Crippen molar-refractivity contribution in [1.29, 1.82) is 0 Å². The molecule has 0 bridgehead atoms. The Morgan fingerprint density at radius 3 is 1.36 bits per heavy atom. The van der Waals surface area contributed by atoms with Crippen LogP contribution in [0, 0.1) is 25.7 Å². The van der Waals surface area contributed by atoms with Crippen LogP contribution in [0.5, 0.6) is 0 Å². The lowest BCUT2D eigenvalue weighted by atomic mass is 9.77. The van der Waals surface area contributed by atoms with Crippen LogP contribution in [-0.4, -0.2) is 11.6 Å². The van der Waals surface area contributed by atoms with E-state index in [2.05, 4.69) is 13.8 Å². The van der Waals surface area contributed by atoms with Crippen LogP contribution in [0.2, 0.25) is 0 Å². The molecule has 0 saturated heterocycles. The van der Waals surface area contributed by atoms with Gasteiger partial charge >= 0.3 is 0 Å². The van der Waals surface area contributed by atoms with Crippen LogP contribution in [-0.2, 0) is 9.59 Å². The summed E-state index contributed by atoms with van der Waals surface area (Å²) in [5.41, 5.74) is 0. The molecule has 2 heteroatoms. The second-order valence-electron chi connectivity index (χ2n) is 3.98. The number of Topliss-reactive ketones (excluding diaryl/α,β-unsaturated/α-hetero) is 2. The molecule has 2 nitrogen and oxygen atoms in total. The van der Waals surface area contributed by atoms with E-state index < -0.39 is 0 Å². The highest BCUT2D eigenvalue weighted by molar-refractivity contribution is 5.83. The van der Waals surface area contributed by atoms with E-state index >= 15 is 0 Å². The Hall–Kier alpha value is -0.660. The first-order valence-electron chi connectivity index (χ1n) is 5.33. The van der Waals surface area contributed by atoms with Gasteiger partial charge in [-0.2, -0.15) is 0 Å². The average Bonchev–Trinajstić information content (AvgIpc) is 2.27. The topological polar surface area (TPSA) is 34.1 Å². The summed E-state index contributed by atoms with van der Waals surface area (Å²) in [6, 6.07) is 0. The molecule has 0 atom stereocenters. The Balaban J connectivity index is 2.38. The number of ketones is 2. The van der Waals surface area contributed by atoms with Crippen LogP contribution < -0.4 is 0 Å². The smallest absolute Gasteiger partial charge is 0.135 e. The van der Waals surface area contributed by atoms with Crippen LogP contribution in [0.1, 0.15) is 38.5 Å². The molecule has 0 unspecified atom stereocenters. The highest BCUT2D eigenvalue weighted by Crippen LogP contribution is 2.30. The Kier molecular flexibility index (Phi) is 4.30. The number of carbonyl (C=O) groups excluding carboxylic acids is 2. The van der Waals surface area contributed by atoms with Gasteiger partial charge in [0, 0.05) is 24.7 Å². The summed E-state index contributed by atoms with van der Waals surface area (Å²) in [4.78, 5) is 22.7. The Morgan fingerprint density at radius 2 is 1.14 bits per heavy atom. The number of hydrogen-bond acceptors (Lipinski definition) is 2. The number of hydrogen-bond donors (Lipinski definition) is 0. The molecule has 1 saturated carbocycles. The molecule has 1 rings (SSSR count). The normalized spacial score (nSPS) is 27.3. The Morgan fingerprint density at radius 1 is 0.857 bits per heavy atom. The third-order valence-electron chi connectivity index (χ3n) is 3.13. The summed E-state index contributed by atoms with van der Waals surface area (Å²) in [5, 5.41) is 0. The Bertz CT molecular complexity index is 188. The molecule has 0 aromatic carbocycles. The predicted octanol–water partition coefficient (Wildman–Crippen LogP) is 2.38. The van der Waals surface area contributed by atoms with Gasteiger partial charge < -0.3 is 0 Å². The fraction of sp³-hybridized carbons (Fsp3) is 0.667. The molecule has 1 fully saturated rings. The molecule has 1 aliphatic rings. The molecular formula is C12H18O2. The molecule has 1 aliphatic carbocycles. The van der Waals surface area contributed by atoms with Crippen molar-refractivity contribution in [2.24, 2.45) is 11.8 Å². The summed E-state index contributed by atoms with van der Waals surface area (Å²) < 4.78 is 0. The molecule has 0 amide bonds. The van der Waals surface area contributed by atoms with Gasteiger partial charge in [-0.25, -0.2) is 0 Å². The molecule has 0 aromatic heterocycles. The first-order chi connectivity index (χ1) is 6.69. The summed E-state index contributed by atoms with van der Waals surface area (Å²) in [5.74, 6) is 0.846. The molecule has 14 heavy (non-hydrogen) atoms. The highest BCUT2D eigenvalue weighted by atomic mass is 16.1. The highest BCUT2D eigenvalue weighted by Gasteiger charge is 2.27. The Labute approximate surface area is 86.1 Å². The quantitative estimate of drug-likeness (QED) is 0.688. The van der Waals surface area contributed by atoms with Crippen LogP contribution in [0.4, 0.5) is 0 Å². The van der Waals surface area contributed by atoms with E-state index in [1.54, 1.807) is 0 Å². The number of rotatable bonds is 4. The van der Waals surface area contributed by atoms with Crippen LogP contribution in [0.25, 0.3) is 0 Å². The minimum Gasteiger partial charge on any atom is -0.299 e. The van der Waals surface area contributed by atoms with Crippen molar-refractivity contribution < 1.29 is 9.59 Å². The van der Waals surface area contributed by atoms with Crippen LogP contribution >= 0.6 is 0 Å². The van der Waals surface area contributed by atoms with Crippen molar-refractivity contribution in [3.63, 3.8) is 0 Å². The van der Waals surface area contributed by atoms with Crippen LogP contribution in [0.15, 0.2) is 0 Å². The zero-order valence-electron chi connectivity index (χ0n) is 8.63. The van der Waals surface area contributed by atoms with E-state index in [9.17, 15) is 9.59 Å². The predicted molar refractivity (Wildman–Crippen MR) is 55.4 cm³/mol. The minimum atomic E-state index is 0.168. The van der Waals surface area contributed by atoms with Crippen molar-refractivity contribution in [1.82, 2.24) is 0 Å². The molecule has 0 heterocycles. The molecule has 2 radical (unpaired) electrons. The van der Waals surface area contributed by atoms with E-state index in [0.717, 1.165) is 25.7 Å². The third-order valence-corrected chi connectivity index (χ3v) is 3.13. The van der Waals surface area contributed by atoms with Crippen molar-refractivity contribution in [2.45, 2.75) is 38.5 Å². The van der Waals surface area contributed by atoms with Crippen molar-refractivity contribution in [3.8, 4) is 0 Å². The minimum absolute atomic E-state index is 0.168. The van der Waals surface area contributed by atoms with Gasteiger partial charge in [0.25, 0.3) is 0 Å². The number of carbonyl (C=O) groups is 2. The largest absolute Gasteiger partial charge is 0.299 e. The summed E-state index contributed by atoms with van der Waals surface area (Å²) in [6.07, 6.45) is 4.24. The lowest BCUT2D eigenvalue weighted by Gasteiger charge is -2.26. The van der Waals surface area contributed by atoms with E-state index in [-0.39, 0.29) is 23.4 Å². The van der Waals surface area contributed by atoms with Gasteiger partial charge in [0.15, 0.2) is 0 Å². The van der Waals surface area contributed by atoms with Gasteiger partial charge in [-0.1, -0.05) is 0 Å². The van der Waals surface area contributed by atoms with Gasteiger partial charge in [-0.05, 0) is 39.5 Å². The molecule has 0 aliphatic heterocycles. The van der Waals surface area contributed by atoms with Gasteiger partial charge in [-0.15, -0.1) is 0 Å². The molecular weight excluding hydrogens is 176 g/mol. The zero-order valence-corrected chi connectivity index (χ0v) is 8.63. The zero-order chi connectivity index (χ0) is 10.6. The monoisotopic (exact) mass is 194 g/mol. The summed E-state index contributed by atoms with van der Waals surface area (Å²) in [6.45, 7) is 7.21. The lowest BCUT2D eigenvalue weighted by Crippen LogP contribution is -2.25. The second kappa shape index (κ2) is 5.28. The molecule has 0 spiro atoms. The summed E-state index contributed by atoms with van der Waals surface area (Å²) >= 11 is 0.